The number of para-hydroxylation sites is 3. The molecule has 0 spiro atoms. The first-order valence-electron chi connectivity index (χ1n) is 18.9. The molecule has 3 aromatic heterocycles. The highest BCUT2D eigenvalue weighted by Gasteiger charge is 2.18. The van der Waals surface area contributed by atoms with Gasteiger partial charge in [-0.1, -0.05) is 121 Å². The van der Waals surface area contributed by atoms with Gasteiger partial charge in [0.15, 0.2) is 5.82 Å². The zero-order valence-electron chi connectivity index (χ0n) is 31.6. The maximum atomic E-state index is 8.67. The van der Waals surface area contributed by atoms with Crippen LogP contribution in [0.25, 0.3) is 94.5 Å². The van der Waals surface area contributed by atoms with E-state index < -0.39 is 18.1 Å². The molecule has 0 unspecified atom stereocenters. The Morgan fingerprint density at radius 3 is 2.00 bits per heavy atom. The summed E-state index contributed by atoms with van der Waals surface area (Å²) in [6.07, 6.45) is 0. The van der Waals surface area contributed by atoms with Crippen molar-refractivity contribution < 1.29 is 11.3 Å². The van der Waals surface area contributed by atoms with Crippen LogP contribution < -0.4 is 0 Å². The first kappa shape index (κ1) is 23.5. The molecule has 50 heavy (non-hydrogen) atoms. The zero-order valence-corrected chi connectivity index (χ0v) is 26.6. The van der Waals surface area contributed by atoms with E-state index >= 15 is 0 Å². The molecule has 3 heterocycles. The number of fused-ring (bicyclic) bond motifs is 6. The Kier molecular flexibility index (Phi) is 5.38. The summed E-state index contributed by atoms with van der Waals surface area (Å²) < 4.78 is 50.9. The molecular weight excluding hydrogens is 611 g/mol. The smallest absolute Gasteiger partial charge is 0.160 e. The minimum atomic E-state index is -0.469. The van der Waals surface area contributed by atoms with Crippen LogP contribution in [0.3, 0.4) is 0 Å². The minimum Gasteiger partial charge on any atom is -0.455 e. The summed E-state index contributed by atoms with van der Waals surface area (Å²) in [6, 6.07) is 47.0. The van der Waals surface area contributed by atoms with E-state index in [4.69, 9.17) is 21.2 Å². The lowest BCUT2D eigenvalue weighted by atomic mass is 9.99. The largest absolute Gasteiger partial charge is 0.455 e. The van der Waals surface area contributed by atoms with Crippen molar-refractivity contribution in [1.82, 2.24) is 14.5 Å². The zero-order chi connectivity index (χ0) is 37.4. The van der Waals surface area contributed by atoms with Gasteiger partial charge in [-0.2, -0.15) is 0 Å². The number of aromatic nitrogens is 3. The van der Waals surface area contributed by atoms with Gasteiger partial charge in [0.1, 0.15) is 11.2 Å². The molecule has 0 amide bonds. The summed E-state index contributed by atoms with van der Waals surface area (Å²) in [7, 11) is 0. The maximum Gasteiger partial charge on any atom is 0.160 e. The number of hydrogen-bond donors (Lipinski definition) is 0. The van der Waals surface area contributed by atoms with E-state index in [-0.39, 0.29) is 23.5 Å². The summed E-state index contributed by atoms with van der Waals surface area (Å²) in [5, 5.41) is 4.21. The quantitative estimate of drug-likeness (QED) is 0.187. The number of benzene rings is 7. The Hall–Kier alpha value is -6.78. The lowest BCUT2D eigenvalue weighted by Gasteiger charge is -2.09. The second-order valence-electron chi connectivity index (χ2n) is 12.2. The van der Waals surface area contributed by atoms with Crippen LogP contribution in [0.15, 0.2) is 180 Å². The van der Waals surface area contributed by atoms with Gasteiger partial charge in [-0.3, -0.25) is 0 Å². The molecule has 0 radical (unpaired) electrons. The highest BCUT2D eigenvalue weighted by Crippen LogP contribution is 2.40. The van der Waals surface area contributed by atoms with Crippen molar-refractivity contribution in [2.75, 3.05) is 0 Å². The molecule has 0 saturated carbocycles. The molecule has 4 nitrogen and oxygen atoms in total. The van der Waals surface area contributed by atoms with Gasteiger partial charge in [-0.05, 0) is 65.7 Å². The van der Waals surface area contributed by atoms with Crippen molar-refractivity contribution in [3.05, 3.63) is 176 Å². The molecule has 7 aromatic carbocycles. The van der Waals surface area contributed by atoms with Crippen LogP contribution in [0, 0.1) is 0 Å². The molecule has 10 aromatic rings. The van der Waals surface area contributed by atoms with E-state index in [2.05, 4.69) is 83.4 Å². The average molecular weight is 645 g/mol. The van der Waals surface area contributed by atoms with Gasteiger partial charge in [-0.15, -0.1) is 0 Å². The monoisotopic (exact) mass is 644 g/mol. The minimum absolute atomic E-state index is 0.0350. The Morgan fingerprint density at radius 2 is 1.16 bits per heavy atom. The predicted octanol–water partition coefficient (Wildman–Crippen LogP) is 12.1. The van der Waals surface area contributed by atoms with Crippen LogP contribution in [0.5, 0.6) is 0 Å². The average Bonchev–Trinajstić information content (AvgIpc) is 3.78. The molecule has 0 aliphatic carbocycles. The van der Waals surface area contributed by atoms with E-state index in [1.807, 2.05) is 66.7 Å². The Bertz CT molecular complexity index is 3130. The van der Waals surface area contributed by atoms with Crippen LogP contribution in [-0.2, 0) is 0 Å². The molecule has 0 aliphatic rings. The van der Waals surface area contributed by atoms with Crippen LogP contribution >= 0.6 is 0 Å². The summed E-state index contributed by atoms with van der Waals surface area (Å²) in [5.41, 5.74) is 9.36. The third kappa shape index (κ3) is 4.61. The Morgan fingerprint density at radius 1 is 0.480 bits per heavy atom. The molecule has 10 rings (SSSR count). The van der Waals surface area contributed by atoms with E-state index in [9.17, 15) is 0 Å². The first-order valence-corrected chi connectivity index (χ1v) is 16.4. The second kappa shape index (κ2) is 11.4. The standard InChI is InChI=1S/C46H29N3O/c1-4-13-30(14-5-1)40-29-41(48-46(47-40)31-15-6-2-7-16-31)37-21-12-20-36-39-28-33(24-26-44(39)50-45(36)37)32-23-25-43-38(27-32)35-19-10-11-22-42(35)49(43)34-17-8-3-9-18-34/h1-29H/i2D,6D,7D,15D,16D. The third-order valence-corrected chi connectivity index (χ3v) is 9.31. The molecule has 0 N–H and O–H groups in total. The Labute approximate surface area is 295 Å². The highest BCUT2D eigenvalue weighted by molar-refractivity contribution is 6.12. The topological polar surface area (TPSA) is 43.9 Å². The SMILES string of the molecule is [2H]c1c([2H])c([2H])c(-c2nc(-c3ccccc3)cc(-c3cccc4c3oc3ccc(-c5ccc6c(c5)c5ccccc5n6-c5ccccc5)cc34)n2)c([2H])c1[2H]. The second-order valence-corrected chi connectivity index (χ2v) is 12.2. The van der Waals surface area contributed by atoms with E-state index in [1.54, 1.807) is 0 Å². The van der Waals surface area contributed by atoms with Crippen molar-refractivity contribution in [3.8, 4) is 50.7 Å². The fraction of sp³-hybridized carbons (Fsp3) is 0. The normalized spacial score (nSPS) is 13.0. The fourth-order valence-corrected chi connectivity index (χ4v) is 7.00. The van der Waals surface area contributed by atoms with Gasteiger partial charge in [-0.25, -0.2) is 9.97 Å². The number of hydrogen-bond acceptors (Lipinski definition) is 3. The van der Waals surface area contributed by atoms with Gasteiger partial charge in [0.05, 0.1) is 29.3 Å². The van der Waals surface area contributed by atoms with Crippen molar-refractivity contribution in [1.29, 1.82) is 0 Å². The van der Waals surface area contributed by atoms with Crippen molar-refractivity contribution in [3.63, 3.8) is 0 Å². The van der Waals surface area contributed by atoms with Crippen molar-refractivity contribution >= 4 is 43.7 Å². The van der Waals surface area contributed by atoms with Crippen molar-refractivity contribution in [2.24, 2.45) is 0 Å². The third-order valence-electron chi connectivity index (χ3n) is 9.31. The Balaban J connectivity index is 1.14. The van der Waals surface area contributed by atoms with Gasteiger partial charge >= 0.3 is 0 Å². The number of rotatable bonds is 5. The van der Waals surface area contributed by atoms with Gasteiger partial charge in [0.2, 0.25) is 0 Å². The molecule has 4 heteroatoms. The number of nitrogens with zero attached hydrogens (tertiary/aromatic N) is 3. The van der Waals surface area contributed by atoms with Crippen LogP contribution in [0.2, 0.25) is 0 Å². The summed E-state index contributed by atoms with van der Waals surface area (Å²) in [5.74, 6) is 0.0350. The molecule has 0 aliphatic heterocycles. The van der Waals surface area contributed by atoms with E-state index in [0.717, 1.165) is 49.8 Å². The van der Waals surface area contributed by atoms with Gasteiger partial charge < -0.3 is 8.98 Å². The van der Waals surface area contributed by atoms with E-state index in [1.165, 1.54) is 10.8 Å². The molecule has 0 atom stereocenters. The molecule has 234 valence electrons. The summed E-state index contributed by atoms with van der Waals surface area (Å²) in [6.45, 7) is 0. The van der Waals surface area contributed by atoms with Crippen LogP contribution in [-0.4, -0.2) is 14.5 Å². The number of furan rings is 1. The molecule has 0 fully saturated rings. The predicted molar refractivity (Wildman–Crippen MR) is 205 cm³/mol. The van der Waals surface area contributed by atoms with Crippen LogP contribution in [0.1, 0.15) is 6.85 Å². The van der Waals surface area contributed by atoms with Gasteiger partial charge in [0, 0.05) is 43.9 Å². The van der Waals surface area contributed by atoms with Crippen LogP contribution in [0.4, 0.5) is 0 Å². The molecule has 0 saturated heterocycles. The van der Waals surface area contributed by atoms with Gasteiger partial charge in [0.25, 0.3) is 0 Å². The molecule has 0 bridgehead atoms. The maximum absolute atomic E-state index is 8.67. The lowest BCUT2D eigenvalue weighted by Crippen LogP contribution is -1.96. The molecular formula is C46H29N3O. The fourth-order valence-electron chi connectivity index (χ4n) is 7.00. The van der Waals surface area contributed by atoms with E-state index in [0.29, 0.717) is 22.5 Å². The lowest BCUT2D eigenvalue weighted by molar-refractivity contribution is 0.670. The highest BCUT2D eigenvalue weighted by atomic mass is 16.3. The summed E-state index contributed by atoms with van der Waals surface area (Å²) >= 11 is 0. The van der Waals surface area contributed by atoms with Crippen molar-refractivity contribution in [2.45, 2.75) is 0 Å². The summed E-state index contributed by atoms with van der Waals surface area (Å²) in [4.78, 5) is 9.60. The first-order chi connectivity index (χ1) is 26.9.